The van der Waals surface area contributed by atoms with Crippen molar-refractivity contribution in [3.8, 4) is 16.2 Å². The molecule has 0 unspecified atom stereocenters. The minimum atomic E-state index is -0.871. The Labute approximate surface area is 115 Å². The normalized spacial score (nSPS) is 14.4. The van der Waals surface area contributed by atoms with Gasteiger partial charge < -0.3 is 9.84 Å². The van der Waals surface area contributed by atoms with E-state index < -0.39 is 5.97 Å². The Morgan fingerprint density at radius 3 is 2.79 bits per heavy atom. The first-order valence-electron chi connectivity index (χ1n) is 6.24. The lowest BCUT2D eigenvalue weighted by Crippen LogP contribution is -1.95. The monoisotopic (exact) mass is 274 g/mol. The molecule has 1 aliphatic rings. The molecule has 0 atom stereocenters. The fourth-order valence-corrected chi connectivity index (χ4v) is 2.97. The molecule has 0 amide bonds. The van der Waals surface area contributed by atoms with Crippen molar-refractivity contribution in [3.63, 3.8) is 0 Å². The van der Waals surface area contributed by atoms with Gasteiger partial charge in [0.2, 0.25) is 0 Å². The van der Waals surface area contributed by atoms with Crippen molar-refractivity contribution in [3.05, 3.63) is 40.8 Å². The molecule has 0 bridgehead atoms. The fourth-order valence-electron chi connectivity index (χ4n) is 1.96. The molecule has 0 radical (unpaired) electrons. The predicted molar refractivity (Wildman–Crippen MR) is 75.1 cm³/mol. The van der Waals surface area contributed by atoms with Gasteiger partial charge in [0.25, 0.3) is 0 Å². The number of hydrogen-bond donors (Lipinski definition) is 1. The quantitative estimate of drug-likeness (QED) is 0.917. The third kappa shape index (κ3) is 2.63. The number of aryl methyl sites for hydroxylation is 1. The largest absolute Gasteiger partial charge is 0.490 e. The molecule has 1 aromatic carbocycles. The first-order chi connectivity index (χ1) is 9.13. The number of carbonyl (C=O) groups is 1. The summed E-state index contributed by atoms with van der Waals surface area (Å²) in [6.07, 6.45) is 2.63. The van der Waals surface area contributed by atoms with Crippen molar-refractivity contribution < 1.29 is 14.6 Å². The maximum Gasteiger partial charge on any atom is 0.345 e. The molecule has 1 fully saturated rings. The summed E-state index contributed by atoms with van der Waals surface area (Å²) in [7, 11) is 0. The molecule has 0 aliphatic heterocycles. The molecule has 3 nitrogen and oxygen atoms in total. The zero-order chi connectivity index (χ0) is 13.4. The summed E-state index contributed by atoms with van der Waals surface area (Å²) in [5, 5.41) is 9.04. The molecule has 1 N–H and O–H groups in total. The van der Waals surface area contributed by atoms with Crippen molar-refractivity contribution >= 4 is 17.3 Å². The Kier molecular flexibility index (Phi) is 3.03. The van der Waals surface area contributed by atoms with Crippen LogP contribution < -0.4 is 4.74 Å². The summed E-state index contributed by atoms with van der Waals surface area (Å²) >= 11 is 1.31. The Morgan fingerprint density at radius 2 is 2.16 bits per heavy atom. The van der Waals surface area contributed by atoms with E-state index >= 15 is 0 Å². The van der Waals surface area contributed by atoms with Crippen molar-refractivity contribution in [1.29, 1.82) is 0 Å². The fraction of sp³-hybridized carbons (Fsp3) is 0.267. The van der Waals surface area contributed by atoms with E-state index in [4.69, 9.17) is 9.84 Å². The molecule has 0 saturated heterocycles. The van der Waals surface area contributed by atoms with E-state index in [0.29, 0.717) is 11.0 Å². The van der Waals surface area contributed by atoms with E-state index in [-0.39, 0.29) is 0 Å². The summed E-state index contributed by atoms with van der Waals surface area (Å²) < 4.78 is 5.77. The smallest absolute Gasteiger partial charge is 0.345 e. The SMILES string of the molecule is Cc1cc(C(=O)O)sc1-c1cccc(OC2CC2)c1. The van der Waals surface area contributed by atoms with Gasteiger partial charge >= 0.3 is 5.97 Å². The van der Waals surface area contributed by atoms with Gasteiger partial charge in [0, 0.05) is 4.88 Å². The van der Waals surface area contributed by atoms with Gasteiger partial charge in [-0.15, -0.1) is 11.3 Å². The van der Waals surface area contributed by atoms with Crippen LogP contribution in [0.4, 0.5) is 0 Å². The van der Waals surface area contributed by atoms with Gasteiger partial charge in [0.15, 0.2) is 0 Å². The van der Waals surface area contributed by atoms with Crippen LogP contribution in [0.15, 0.2) is 30.3 Å². The van der Waals surface area contributed by atoms with Gasteiger partial charge in [-0.2, -0.15) is 0 Å². The number of hydrogen-bond acceptors (Lipinski definition) is 3. The average molecular weight is 274 g/mol. The summed E-state index contributed by atoms with van der Waals surface area (Å²) in [6, 6.07) is 9.60. The van der Waals surface area contributed by atoms with Gasteiger partial charge in [0.05, 0.1) is 6.10 Å². The third-order valence-electron chi connectivity index (χ3n) is 3.05. The maximum atomic E-state index is 11.0. The van der Waals surface area contributed by atoms with Crippen LogP contribution in [0.5, 0.6) is 5.75 Å². The van der Waals surface area contributed by atoms with Crippen LogP contribution in [0.3, 0.4) is 0 Å². The molecule has 1 aliphatic carbocycles. The minimum Gasteiger partial charge on any atom is -0.490 e. The molecule has 2 aromatic rings. The molecule has 0 spiro atoms. The molecule has 1 heterocycles. The molecule has 4 heteroatoms. The number of carboxylic acid groups (broad SMARTS) is 1. The zero-order valence-electron chi connectivity index (χ0n) is 10.6. The van der Waals surface area contributed by atoms with E-state index in [2.05, 4.69) is 0 Å². The van der Waals surface area contributed by atoms with Crippen LogP contribution in [-0.4, -0.2) is 17.2 Å². The first kappa shape index (κ1) is 12.2. The summed E-state index contributed by atoms with van der Waals surface area (Å²) in [5.41, 5.74) is 2.01. The summed E-state index contributed by atoms with van der Waals surface area (Å²) in [5.74, 6) is -0.00518. The van der Waals surface area contributed by atoms with Crippen molar-refractivity contribution in [2.75, 3.05) is 0 Å². The number of carboxylic acids is 1. The number of aromatic carboxylic acids is 1. The van der Waals surface area contributed by atoms with Crippen LogP contribution in [0, 0.1) is 6.92 Å². The predicted octanol–water partition coefficient (Wildman–Crippen LogP) is 3.96. The highest BCUT2D eigenvalue weighted by molar-refractivity contribution is 7.17. The van der Waals surface area contributed by atoms with Crippen LogP contribution in [0.2, 0.25) is 0 Å². The maximum absolute atomic E-state index is 11.0. The number of ether oxygens (including phenoxy) is 1. The van der Waals surface area contributed by atoms with Crippen molar-refractivity contribution in [1.82, 2.24) is 0 Å². The lowest BCUT2D eigenvalue weighted by atomic mass is 10.1. The van der Waals surface area contributed by atoms with Gasteiger partial charge in [-0.3, -0.25) is 0 Å². The van der Waals surface area contributed by atoms with Crippen LogP contribution in [0.1, 0.15) is 28.1 Å². The van der Waals surface area contributed by atoms with E-state index in [9.17, 15) is 4.79 Å². The second kappa shape index (κ2) is 4.70. The Hall–Kier alpha value is -1.81. The first-order valence-corrected chi connectivity index (χ1v) is 7.06. The van der Waals surface area contributed by atoms with E-state index in [1.54, 1.807) is 6.07 Å². The van der Waals surface area contributed by atoms with E-state index in [1.807, 2.05) is 31.2 Å². The summed E-state index contributed by atoms with van der Waals surface area (Å²) in [6.45, 7) is 1.94. The molecular formula is C15H14O3S. The van der Waals surface area contributed by atoms with Crippen molar-refractivity contribution in [2.24, 2.45) is 0 Å². The van der Waals surface area contributed by atoms with Gasteiger partial charge in [-0.05, 0) is 49.1 Å². The van der Waals surface area contributed by atoms with Gasteiger partial charge in [-0.1, -0.05) is 12.1 Å². The number of thiophene rings is 1. The number of benzene rings is 1. The molecule has 19 heavy (non-hydrogen) atoms. The molecule has 1 aromatic heterocycles. The zero-order valence-corrected chi connectivity index (χ0v) is 11.4. The Morgan fingerprint density at radius 1 is 1.37 bits per heavy atom. The molecule has 98 valence electrons. The van der Waals surface area contributed by atoms with E-state index in [1.165, 1.54) is 11.3 Å². The van der Waals surface area contributed by atoms with Crippen LogP contribution in [0.25, 0.3) is 10.4 Å². The average Bonchev–Trinajstić information content (AvgIpc) is 3.09. The summed E-state index contributed by atoms with van der Waals surface area (Å²) in [4.78, 5) is 12.4. The second-order valence-electron chi connectivity index (χ2n) is 4.77. The Bertz CT molecular complexity index is 626. The Balaban J connectivity index is 1.94. The lowest BCUT2D eigenvalue weighted by Gasteiger charge is -2.06. The molecular weight excluding hydrogens is 260 g/mol. The lowest BCUT2D eigenvalue weighted by molar-refractivity contribution is 0.0702. The molecule has 3 rings (SSSR count). The standard InChI is InChI=1S/C15H14O3S/c1-9-7-13(15(16)17)19-14(9)10-3-2-4-12(8-10)18-11-5-6-11/h2-4,7-8,11H,5-6H2,1H3,(H,16,17). The minimum absolute atomic E-state index is 0.370. The second-order valence-corrected chi connectivity index (χ2v) is 5.83. The van der Waals surface area contributed by atoms with Crippen LogP contribution >= 0.6 is 11.3 Å². The topological polar surface area (TPSA) is 46.5 Å². The van der Waals surface area contributed by atoms with Crippen LogP contribution in [-0.2, 0) is 0 Å². The third-order valence-corrected chi connectivity index (χ3v) is 4.33. The molecule has 1 saturated carbocycles. The highest BCUT2D eigenvalue weighted by atomic mass is 32.1. The van der Waals surface area contributed by atoms with Gasteiger partial charge in [0.1, 0.15) is 10.6 Å². The van der Waals surface area contributed by atoms with Crippen molar-refractivity contribution in [2.45, 2.75) is 25.9 Å². The number of rotatable bonds is 4. The highest BCUT2D eigenvalue weighted by Gasteiger charge is 2.23. The highest BCUT2D eigenvalue weighted by Crippen LogP contribution is 2.35. The van der Waals surface area contributed by atoms with Gasteiger partial charge in [-0.25, -0.2) is 4.79 Å². The van der Waals surface area contributed by atoms with E-state index in [0.717, 1.165) is 34.6 Å².